The number of hydroxylamine groups is 1. The number of oxazole rings is 1. The van der Waals surface area contributed by atoms with E-state index in [-0.39, 0.29) is 6.42 Å². The minimum Gasteiger partial charge on any atom is -0.436 e. The van der Waals surface area contributed by atoms with Gasteiger partial charge >= 0.3 is 0 Å². The second-order valence-corrected chi connectivity index (χ2v) is 6.41. The molecule has 136 valence electrons. The first-order valence-corrected chi connectivity index (χ1v) is 8.65. The van der Waals surface area contributed by atoms with Gasteiger partial charge in [-0.3, -0.25) is 10.0 Å². The number of unbranched alkanes of at least 4 members (excludes halogenated alkanes) is 1. The molecular weight excluding hydrogens is 332 g/mol. The maximum atomic E-state index is 10.9. The van der Waals surface area contributed by atoms with E-state index in [2.05, 4.69) is 4.98 Å². The van der Waals surface area contributed by atoms with Gasteiger partial charge in [-0.1, -0.05) is 24.6 Å². The van der Waals surface area contributed by atoms with Gasteiger partial charge in [0, 0.05) is 12.0 Å². The van der Waals surface area contributed by atoms with Crippen LogP contribution in [0.2, 0.25) is 0 Å². The first-order chi connectivity index (χ1) is 12.6. The van der Waals surface area contributed by atoms with Crippen LogP contribution in [-0.2, 0) is 4.79 Å². The van der Waals surface area contributed by atoms with E-state index in [9.17, 15) is 9.90 Å². The SMILES string of the molecule is Cc1ccc2nc(-c3ccc(C(O)CCCCC(=O)NO)cc3)oc2c1. The number of carbonyl (C=O) groups is 1. The van der Waals surface area contributed by atoms with Gasteiger partial charge in [0.1, 0.15) is 5.52 Å². The number of hydrogen-bond donors (Lipinski definition) is 3. The van der Waals surface area contributed by atoms with Gasteiger partial charge < -0.3 is 9.52 Å². The molecule has 3 aromatic rings. The monoisotopic (exact) mass is 354 g/mol. The third-order valence-corrected chi connectivity index (χ3v) is 4.34. The number of benzene rings is 2. The Balaban J connectivity index is 1.62. The molecule has 0 radical (unpaired) electrons. The van der Waals surface area contributed by atoms with Crippen molar-refractivity contribution in [2.45, 2.75) is 38.7 Å². The Morgan fingerprint density at radius 1 is 1.19 bits per heavy atom. The predicted octanol–water partition coefficient (Wildman–Crippen LogP) is 3.90. The van der Waals surface area contributed by atoms with Crippen molar-refractivity contribution in [1.82, 2.24) is 10.5 Å². The van der Waals surface area contributed by atoms with Crippen LogP contribution in [0.5, 0.6) is 0 Å². The second-order valence-electron chi connectivity index (χ2n) is 6.41. The third-order valence-electron chi connectivity index (χ3n) is 4.34. The van der Waals surface area contributed by atoms with Crippen molar-refractivity contribution in [2.24, 2.45) is 0 Å². The largest absolute Gasteiger partial charge is 0.436 e. The molecule has 0 spiro atoms. The number of fused-ring (bicyclic) bond motifs is 1. The summed E-state index contributed by atoms with van der Waals surface area (Å²) in [6, 6.07) is 13.4. The molecule has 0 saturated heterocycles. The lowest BCUT2D eigenvalue weighted by Gasteiger charge is -2.11. The normalized spacial score (nSPS) is 12.3. The summed E-state index contributed by atoms with van der Waals surface area (Å²) in [5.74, 6) is 0.152. The molecule has 26 heavy (non-hydrogen) atoms. The average Bonchev–Trinajstić information content (AvgIpc) is 3.08. The van der Waals surface area contributed by atoms with Crippen LogP contribution in [0.4, 0.5) is 0 Å². The van der Waals surface area contributed by atoms with Crippen LogP contribution in [0.1, 0.15) is 42.9 Å². The fourth-order valence-corrected chi connectivity index (χ4v) is 2.85. The number of nitrogens with one attached hydrogen (secondary N) is 1. The molecule has 0 aliphatic carbocycles. The van der Waals surface area contributed by atoms with Gasteiger partial charge in [0.2, 0.25) is 11.8 Å². The van der Waals surface area contributed by atoms with Gasteiger partial charge in [0.25, 0.3) is 0 Å². The van der Waals surface area contributed by atoms with E-state index < -0.39 is 12.0 Å². The lowest BCUT2D eigenvalue weighted by molar-refractivity contribution is -0.129. The Bertz CT molecular complexity index is 886. The Kier molecular flexibility index (Phi) is 5.65. The Morgan fingerprint density at radius 2 is 1.96 bits per heavy atom. The molecule has 0 saturated carbocycles. The van der Waals surface area contributed by atoms with Gasteiger partial charge in [-0.05, 0) is 55.2 Å². The molecule has 0 aliphatic rings. The van der Waals surface area contributed by atoms with Crippen molar-refractivity contribution in [3.05, 3.63) is 53.6 Å². The molecule has 0 aliphatic heterocycles. The molecule has 6 heteroatoms. The van der Waals surface area contributed by atoms with Crippen LogP contribution >= 0.6 is 0 Å². The Morgan fingerprint density at radius 3 is 2.69 bits per heavy atom. The molecular formula is C20H22N2O4. The quantitative estimate of drug-likeness (QED) is 0.340. The van der Waals surface area contributed by atoms with Crippen molar-refractivity contribution in [1.29, 1.82) is 0 Å². The summed E-state index contributed by atoms with van der Waals surface area (Å²) in [6.07, 6.45) is 1.53. The number of amides is 1. The van der Waals surface area contributed by atoms with Crippen LogP contribution in [-0.4, -0.2) is 21.2 Å². The number of aryl methyl sites for hydroxylation is 1. The fourth-order valence-electron chi connectivity index (χ4n) is 2.85. The summed E-state index contributed by atoms with van der Waals surface area (Å²) in [7, 11) is 0. The number of nitrogens with zero attached hydrogens (tertiary/aromatic N) is 1. The molecule has 6 nitrogen and oxygen atoms in total. The minimum absolute atomic E-state index is 0.249. The number of rotatable bonds is 7. The molecule has 0 fully saturated rings. The third kappa shape index (κ3) is 4.28. The lowest BCUT2D eigenvalue weighted by atomic mass is 10.0. The maximum Gasteiger partial charge on any atom is 0.243 e. The summed E-state index contributed by atoms with van der Waals surface area (Å²) in [4.78, 5) is 15.4. The van der Waals surface area contributed by atoms with Crippen LogP contribution in [0.25, 0.3) is 22.6 Å². The zero-order valence-electron chi connectivity index (χ0n) is 14.6. The summed E-state index contributed by atoms with van der Waals surface area (Å²) in [5.41, 5.74) is 5.97. The predicted molar refractivity (Wildman–Crippen MR) is 97.5 cm³/mol. The topological polar surface area (TPSA) is 95.6 Å². The van der Waals surface area contributed by atoms with Gasteiger partial charge in [-0.25, -0.2) is 10.5 Å². The smallest absolute Gasteiger partial charge is 0.243 e. The molecule has 1 amide bonds. The first-order valence-electron chi connectivity index (χ1n) is 8.65. The van der Waals surface area contributed by atoms with Crippen LogP contribution in [0.15, 0.2) is 46.9 Å². The number of aliphatic hydroxyl groups is 1. The molecule has 3 N–H and O–H groups in total. The van der Waals surface area contributed by atoms with Crippen molar-refractivity contribution >= 4 is 17.0 Å². The standard InChI is InChI=1S/C20H22N2O4/c1-13-6-11-16-18(12-13)26-20(21-16)15-9-7-14(8-10-15)17(23)4-2-3-5-19(24)22-25/h6-12,17,23,25H,2-5H2,1H3,(H,22,24). The van der Waals surface area contributed by atoms with E-state index in [4.69, 9.17) is 9.62 Å². The lowest BCUT2D eigenvalue weighted by Crippen LogP contribution is -2.17. The first kappa shape index (κ1) is 18.1. The Hall–Kier alpha value is -2.70. The molecule has 1 atom stereocenters. The van der Waals surface area contributed by atoms with E-state index in [0.29, 0.717) is 25.2 Å². The molecule has 3 rings (SSSR count). The maximum absolute atomic E-state index is 10.9. The summed E-state index contributed by atoms with van der Waals surface area (Å²) >= 11 is 0. The van der Waals surface area contributed by atoms with Crippen LogP contribution in [0.3, 0.4) is 0 Å². The number of carbonyl (C=O) groups excluding carboxylic acids is 1. The van der Waals surface area contributed by atoms with Gasteiger partial charge in [-0.2, -0.15) is 0 Å². The summed E-state index contributed by atoms with van der Waals surface area (Å²) < 4.78 is 5.82. The zero-order valence-corrected chi connectivity index (χ0v) is 14.6. The fraction of sp³-hybridized carbons (Fsp3) is 0.300. The van der Waals surface area contributed by atoms with Gasteiger partial charge in [0.05, 0.1) is 6.10 Å². The van der Waals surface area contributed by atoms with E-state index in [1.807, 2.05) is 49.4 Å². The van der Waals surface area contributed by atoms with Crippen LogP contribution in [0, 0.1) is 6.92 Å². The highest BCUT2D eigenvalue weighted by molar-refractivity contribution is 5.76. The molecule has 0 bridgehead atoms. The number of aromatic nitrogens is 1. The number of aliphatic hydroxyl groups excluding tert-OH is 1. The van der Waals surface area contributed by atoms with Gasteiger partial charge in [-0.15, -0.1) is 0 Å². The van der Waals surface area contributed by atoms with E-state index in [1.165, 1.54) is 0 Å². The Labute approximate surface area is 151 Å². The minimum atomic E-state index is -0.590. The van der Waals surface area contributed by atoms with Crippen molar-refractivity contribution in [3.8, 4) is 11.5 Å². The molecule has 1 heterocycles. The molecule has 2 aromatic carbocycles. The van der Waals surface area contributed by atoms with Crippen molar-refractivity contribution in [3.63, 3.8) is 0 Å². The number of hydrogen-bond acceptors (Lipinski definition) is 5. The second kappa shape index (κ2) is 8.12. The van der Waals surface area contributed by atoms with Gasteiger partial charge in [0.15, 0.2) is 5.58 Å². The average molecular weight is 354 g/mol. The highest BCUT2D eigenvalue weighted by Gasteiger charge is 2.11. The highest BCUT2D eigenvalue weighted by Crippen LogP contribution is 2.27. The van der Waals surface area contributed by atoms with Crippen molar-refractivity contribution in [2.75, 3.05) is 0 Å². The highest BCUT2D eigenvalue weighted by atomic mass is 16.5. The van der Waals surface area contributed by atoms with E-state index >= 15 is 0 Å². The molecule has 1 aromatic heterocycles. The van der Waals surface area contributed by atoms with E-state index in [1.54, 1.807) is 5.48 Å². The van der Waals surface area contributed by atoms with Crippen molar-refractivity contribution < 1.29 is 19.5 Å². The summed E-state index contributed by atoms with van der Waals surface area (Å²) in [5, 5.41) is 18.7. The zero-order chi connectivity index (χ0) is 18.5. The van der Waals surface area contributed by atoms with Crippen LogP contribution < -0.4 is 5.48 Å². The summed E-state index contributed by atoms with van der Waals surface area (Å²) in [6.45, 7) is 2.01. The molecule has 1 unspecified atom stereocenters. The van der Waals surface area contributed by atoms with E-state index in [0.717, 1.165) is 27.8 Å².